The molecule has 0 unspecified atom stereocenters. The van der Waals surface area contributed by atoms with E-state index in [-0.39, 0.29) is 11.9 Å². The number of allylic oxidation sites excluding steroid dienone is 1. The Kier molecular flexibility index (Phi) is 12.6. The normalized spacial score (nSPS) is 19.8. The molecule has 3 amide bonds. The molecule has 7 nitrogen and oxygen atoms in total. The van der Waals surface area contributed by atoms with E-state index in [1.165, 1.54) is 24.8 Å². The van der Waals surface area contributed by atoms with Crippen LogP contribution in [0.1, 0.15) is 110 Å². The maximum atomic E-state index is 13.8. The molecule has 2 heterocycles. The predicted octanol–water partition coefficient (Wildman–Crippen LogP) is 6.50. The first-order chi connectivity index (χ1) is 21.1. The van der Waals surface area contributed by atoms with E-state index in [0.29, 0.717) is 31.5 Å². The van der Waals surface area contributed by atoms with Gasteiger partial charge in [0.05, 0.1) is 0 Å². The number of likely N-dealkylation sites (tertiary alicyclic amines) is 2. The van der Waals surface area contributed by atoms with Gasteiger partial charge in [-0.15, -0.1) is 0 Å². The molecule has 0 bridgehead atoms. The van der Waals surface area contributed by atoms with Crippen molar-refractivity contribution in [2.45, 2.75) is 122 Å². The molecule has 1 aromatic carbocycles. The molecule has 44 heavy (non-hydrogen) atoms. The Hall–Kier alpha value is -2.98. The first kappa shape index (κ1) is 33.9. The van der Waals surface area contributed by atoms with E-state index in [9.17, 15) is 14.7 Å². The summed E-state index contributed by atoms with van der Waals surface area (Å²) >= 11 is 0. The van der Waals surface area contributed by atoms with E-state index in [2.05, 4.69) is 80.1 Å². The van der Waals surface area contributed by atoms with Gasteiger partial charge in [0.2, 0.25) is 5.91 Å². The number of amides is 3. The largest absolute Gasteiger partial charge is 0.378 e. The molecule has 2 saturated heterocycles. The van der Waals surface area contributed by atoms with E-state index >= 15 is 0 Å². The van der Waals surface area contributed by atoms with Crippen LogP contribution < -0.4 is 10.2 Å². The number of urea groups is 1. The van der Waals surface area contributed by atoms with E-state index in [1.807, 2.05) is 9.80 Å². The van der Waals surface area contributed by atoms with E-state index < -0.39 is 11.6 Å². The minimum Gasteiger partial charge on any atom is -0.378 e. The zero-order chi connectivity index (χ0) is 31.5. The maximum Gasteiger partial charge on any atom is 0.318 e. The van der Waals surface area contributed by atoms with Gasteiger partial charge >= 0.3 is 6.03 Å². The second kappa shape index (κ2) is 16.4. The van der Waals surface area contributed by atoms with Gasteiger partial charge < -0.3 is 25.1 Å². The van der Waals surface area contributed by atoms with Gasteiger partial charge in [0.25, 0.3) is 0 Å². The molecule has 1 aromatic rings. The van der Waals surface area contributed by atoms with Crippen molar-refractivity contribution in [3.63, 3.8) is 0 Å². The van der Waals surface area contributed by atoms with Crippen molar-refractivity contribution in [1.82, 2.24) is 15.1 Å². The van der Waals surface area contributed by atoms with Crippen LogP contribution in [0.4, 0.5) is 10.5 Å². The number of piperidine rings is 1. The molecule has 4 rings (SSSR count). The van der Waals surface area contributed by atoms with Crippen LogP contribution in [0.3, 0.4) is 0 Å². The van der Waals surface area contributed by atoms with Crippen molar-refractivity contribution in [2.24, 2.45) is 5.92 Å². The fourth-order valence-corrected chi connectivity index (χ4v) is 6.76. The summed E-state index contributed by atoms with van der Waals surface area (Å²) in [7, 11) is 0. The third kappa shape index (κ3) is 10.0. The molecular weight excluding hydrogens is 548 g/mol. The van der Waals surface area contributed by atoms with Crippen LogP contribution in [-0.2, 0) is 4.79 Å². The van der Waals surface area contributed by atoms with Crippen LogP contribution in [0, 0.1) is 17.8 Å². The summed E-state index contributed by atoms with van der Waals surface area (Å²) in [5.74, 6) is 6.74. The number of carbonyl (C=O) groups excluding carboxylic acids is 2. The second-order valence-corrected chi connectivity index (χ2v) is 13.9. The summed E-state index contributed by atoms with van der Waals surface area (Å²) in [6.07, 6.45) is 13.9. The zero-order valence-electron chi connectivity index (χ0n) is 27.7. The van der Waals surface area contributed by atoms with Crippen LogP contribution in [-0.4, -0.2) is 77.3 Å². The molecule has 0 radical (unpaired) electrons. The van der Waals surface area contributed by atoms with Gasteiger partial charge in [0, 0.05) is 50.0 Å². The van der Waals surface area contributed by atoms with E-state index in [0.717, 1.165) is 82.3 Å². The maximum absolute atomic E-state index is 13.8. The Morgan fingerprint density at radius 3 is 2.16 bits per heavy atom. The van der Waals surface area contributed by atoms with Gasteiger partial charge in [-0.25, -0.2) is 4.79 Å². The minimum absolute atomic E-state index is 0.0544. The first-order valence-electron chi connectivity index (χ1n) is 17.2. The number of aliphatic hydroxyl groups is 1. The molecule has 1 aliphatic carbocycles. The smallest absolute Gasteiger partial charge is 0.318 e. The average Bonchev–Trinajstić information content (AvgIpc) is 3.30. The molecule has 2 N–H and O–H groups in total. The number of benzene rings is 1. The molecule has 0 aromatic heterocycles. The van der Waals surface area contributed by atoms with Crippen LogP contribution in [0.15, 0.2) is 35.9 Å². The van der Waals surface area contributed by atoms with Crippen molar-refractivity contribution >= 4 is 17.6 Å². The summed E-state index contributed by atoms with van der Waals surface area (Å²) in [6.45, 7) is 12.2. The Balaban J connectivity index is 1.40. The van der Waals surface area contributed by atoms with Crippen LogP contribution in [0.2, 0.25) is 0 Å². The molecule has 1 atom stereocenters. The number of nitrogens with one attached hydrogen (secondary N) is 1. The Labute approximate surface area is 266 Å². The summed E-state index contributed by atoms with van der Waals surface area (Å²) in [4.78, 5) is 33.2. The van der Waals surface area contributed by atoms with Gasteiger partial charge in [0.15, 0.2) is 0 Å². The third-order valence-electron chi connectivity index (χ3n) is 9.43. The highest BCUT2D eigenvalue weighted by molar-refractivity contribution is 5.87. The lowest BCUT2D eigenvalue weighted by molar-refractivity contribution is -0.134. The lowest BCUT2D eigenvalue weighted by atomic mass is 9.85. The average molecular weight is 605 g/mol. The van der Waals surface area contributed by atoms with Gasteiger partial charge in [-0.1, -0.05) is 56.6 Å². The molecule has 7 heteroatoms. The first-order valence-corrected chi connectivity index (χ1v) is 17.2. The highest BCUT2D eigenvalue weighted by Crippen LogP contribution is 2.28. The van der Waals surface area contributed by atoms with Gasteiger partial charge in [-0.2, -0.15) is 0 Å². The Morgan fingerprint density at radius 1 is 0.955 bits per heavy atom. The third-order valence-corrected chi connectivity index (χ3v) is 9.43. The minimum atomic E-state index is -0.846. The standard InChI is InChI=1S/C37H56N4O3/c1-29(2)17-27-41(32-14-12-31(13-15-32)16-22-37(44)20-8-7-9-21-37)33-18-25-39(26-19-33)35(42)34(28-30(3)4)38-36(43)40-23-10-5-6-11-24-40/h12-15,17,30,33-34,44H,5-11,18-21,23-28H2,1-4H3,(H,38,43)/t34-/m1/s1. The number of hydrogen-bond acceptors (Lipinski definition) is 4. The van der Waals surface area contributed by atoms with Crippen molar-refractivity contribution in [2.75, 3.05) is 37.6 Å². The Morgan fingerprint density at radius 2 is 1.57 bits per heavy atom. The number of anilines is 1. The van der Waals surface area contributed by atoms with E-state index in [1.54, 1.807) is 0 Å². The molecule has 0 spiro atoms. The summed E-state index contributed by atoms with van der Waals surface area (Å²) in [5, 5.41) is 13.9. The molecule has 3 aliphatic rings. The zero-order valence-corrected chi connectivity index (χ0v) is 27.7. The fraction of sp³-hybridized carbons (Fsp3) is 0.676. The van der Waals surface area contributed by atoms with Crippen LogP contribution >= 0.6 is 0 Å². The van der Waals surface area contributed by atoms with Gasteiger partial charge in [-0.3, -0.25) is 4.79 Å². The number of nitrogens with zero attached hydrogens (tertiary/aromatic N) is 3. The fourth-order valence-electron chi connectivity index (χ4n) is 6.76. The lowest BCUT2D eigenvalue weighted by Gasteiger charge is -2.40. The number of hydrogen-bond donors (Lipinski definition) is 2. The lowest BCUT2D eigenvalue weighted by Crippen LogP contribution is -2.55. The van der Waals surface area contributed by atoms with Gasteiger partial charge in [0.1, 0.15) is 11.6 Å². The van der Waals surface area contributed by atoms with E-state index in [4.69, 9.17) is 0 Å². The monoisotopic (exact) mass is 604 g/mol. The molecule has 242 valence electrons. The Bertz CT molecular complexity index is 1160. The predicted molar refractivity (Wildman–Crippen MR) is 180 cm³/mol. The quantitative estimate of drug-likeness (QED) is 0.263. The number of carbonyl (C=O) groups is 2. The highest BCUT2D eigenvalue weighted by atomic mass is 16.3. The number of rotatable bonds is 8. The summed E-state index contributed by atoms with van der Waals surface area (Å²) < 4.78 is 0. The van der Waals surface area contributed by atoms with Crippen LogP contribution in [0.25, 0.3) is 0 Å². The van der Waals surface area contributed by atoms with Crippen molar-refractivity contribution in [1.29, 1.82) is 0 Å². The van der Waals surface area contributed by atoms with Crippen molar-refractivity contribution < 1.29 is 14.7 Å². The SMILES string of the molecule is CC(C)=CCN(c1ccc(C#CC2(O)CCCCC2)cc1)C1CCN(C(=O)[C@@H](CC(C)C)NC(=O)N2CCCCCC2)CC1. The van der Waals surface area contributed by atoms with Crippen LogP contribution in [0.5, 0.6) is 0 Å². The molecule has 3 fully saturated rings. The molecule has 2 aliphatic heterocycles. The molecule has 1 saturated carbocycles. The highest BCUT2D eigenvalue weighted by Gasteiger charge is 2.33. The van der Waals surface area contributed by atoms with Crippen molar-refractivity contribution in [3.05, 3.63) is 41.5 Å². The molecular formula is C37H56N4O3. The summed E-state index contributed by atoms with van der Waals surface area (Å²) in [6, 6.07) is 8.15. The topological polar surface area (TPSA) is 76.1 Å². The van der Waals surface area contributed by atoms with Gasteiger partial charge in [-0.05, 0) is 102 Å². The second-order valence-electron chi connectivity index (χ2n) is 13.9. The van der Waals surface area contributed by atoms with Crippen molar-refractivity contribution in [3.8, 4) is 11.8 Å². The summed E-state index contributed by atoms with van der Waals surface area (Å²) in [5.41, 5.74) is 2.51.